The molecule has 3 rings (SSSR count). The van der Waals surface area contributed by atoms with E-state index in [0.717, 1.165) is 25.0 Å². The van der Waals surface area contributed by atoms with Crippen LogP contribution in [0.25, 0.3) is 0 Å². The number of carbonyl (C=O) groups is 2. The van der Waals surface area contributed by atoms with Crippen molar-refractivity contribution >= 4 is 17.8 Å². The number of aromatic nitrogens is 2. The predicted molar refractivity (Wildman–Crippen MR) is 92.4 cm³/mol. The number of carbonyl (C=O) groups excluding carboxylic acids is 2. The van der Waals surface area contributed by atoms with Gasteiger partial charge < -0.3 is 10.1 Å². The quantitative estimate of drug-likeness (QED) is 0.786. The lowest BCUT2D eigenvalue weighted by Gasteiger charge is -2.10. The van der Waals surface area contributed by atoms with Crippen LogP contribution in [0.2, 0.25) is 0 Å². The summed E-state index contributed by atoms with van der Waals surface area (Å²) in [6.07, 6.45) is -3.09. The Kier molecular flexibility index (Phi) is 5.48. The monoisotopic (exact) mass is 394 g/mol. The van der Waals surface area contributed by atoms with E-state index >= 15 is 0 Å². The molecule has 7 nitrogen and oxygen atoms in total. The van der Waals surface area contributed by atoms with Crippen molar-refractivity contribution in [3.63, 3.8) is 0 Å². The fourth-order valence-corrected chi connectivity index (χ4v) is 2.38. The van der Waals surface area contributed by atoms with Crippen LogP contribution >= 0.6 is 0 Å². The van der Waals surface area contributed by atoms with Gasteiger partial charge in [0, 0.05) is 18.2 Å². The van der Waals surface area contributed by atoms with E-state index in [2.05, 4.69) is 25.3 Å². The second kappa shape index (κ2) is 7.83. The number of hydrogen-bond donors (Lipinski definition) is 2. The molecule has 0 bridgehead atoms. The van der Waals surface area contributed by atoms with E-state index in [1.165, 1.54) is 18.2 Å². The summed E-state index contributed by atoms with van der Waals surface area (Å²) >= 11 is 0. The predicted octanol–water partition coefficient (Wildman–Crippen LogP) is 2.96. The minimum absolute atomic E-state index is 0.0225. The van der Waals surface area contributed by atoms with Gasteiger partial charge in [-0.3, -0.25) is 14.9 Å². The van der Waals surface area contributed by atoms with Gasteiger partial charge in [0.15, 0.2) is 0 Å². The molecule has 0 radical (unpaired) electrons. The molecule has 0 spiro atoms. The van der Waals surface area contributed by atoms with E-state index < -0.39 is 12.3 Å². The zero-order chi connectivity index (χ0) is 20.3. The second-order valence-electron chi connectivity index (χ2n) is 6.36. The average molecular weight is 394 g/mol. The van der Waals surface area contributed by atoms with Crippen molar-refractivity contribution < 1.29 is 27.5 Å². The Morgan fingerprint density at radius 3 is 2.46 bits per heavy atom. The smallest absolute Gasteiger partial charge is 0.406 e. The fraction of sp³-hybridized carbons (Fsp3) is 0.333. The number of anilines is 1. The lowest BCUT2D eigenvalue weighted by Crippen LogP contribution is -2.25. The highest BCUT2D eigenvalue weighted by molar-refractivity contribution is 5.95. The number of nitrogens with one attached hydrogen (secondary N) is 2. The van der Waals surface area contributed by atoms with Crippen molar-refractivity contribution in [2.75, 3.05) is 5.32 Å². The van der Waals surface area contributed by atoms with Crippen LogP contribution in [0.1, 0.15) is 34.6 Å². The molecule has 1 aromatic carbocycles. The van der Waals surface area contributed by atoms with Crippen molar-refractivity contribution in [2.24, 2.45) is 5.92 Å². The van der Waals surface area contributed by atoms with Gasteiger partial charge >= 0.3 is 6.36 Å². The average Bonchev–Trinajstić information content (AvgIpc) is 3.44. The molecule has 28 heavy (non-hydrogen) atoms. The number of hydrogen-bond acceptors (Lipinski definition) is 5. The first-order chi connectivity index (χ1) is 13.2. The summed E-state index contributed by atoms with van der Waals surface area (Å²) < 4.78 is 40.3. The summed E-state index contributed by atoms with van der Waals surface area (Å²) in [6.45, 7) is 1.75. The summed E-state index contributed by atoms with van der Waals surface area (Å²) in [5, 5.41) is 5.21. The molecule has 0 unspecified atom stereocenters. The summed E-state index contributed by atoms with van der Waals surface area (Å²) in [6, 6.07) is 6.62. The number of ether oxygens (including phenoxy) is 1. The molecule has 1 aromatic heterocycles. The molecular formula is C18H17F3N4O3. The molecule has 2 N–H and O–H groups in total. The number of benzene rings is 1. The van der Waals surface area contributed by atoms with Crippen LogP contribution in [-0.2, 0) is 11.3 Å². The van der Waals surface area contributed by atoms with Crippen molar-refractivity contribution in [3.8, 4) is 5.75 Å². The first-order valence-corrected chi connectivity index (χ1v) is 8.49. The van der Waals surface area contributed by atoms with Gasteiger partial charge in [-0.05, 0) is 43.5 Å². The van der Waals surface area contributed by atoms with Crippen LogP contribution in [0.3, 0.4) is 0 Å². The molecule has 10 heteroatoms. The molecule has 1 fully saturated rings. The topological polar surface area (TPSA) is 93.2 Å². The van der Waals surface area contributed by atoms with E-state index in [0.29, 0.717) is 11.3 Å². The van der Waals surface area contributed by atoms with Crippen molar-refractivity contribution in [1.82, 2.24) is 15.3 Å². The lowest BCUT2D eigenvalue weighted by molar-refractivity contribution is -0.274. The van der Waals surface area contributed by atoms with E-state index in [9.17, 15) is 22.8 Å². The Morgan fingerprint density at radius 1 is 1.18 bits per heavy atom. The zero-order valence-corrected chi connectivity index (χ0v) is 14.8. The minimum Gasteiger partial charge on any atom is -0.406 e. The molecule has 1 aliphatic rings. The minimum atomic E-state index is -4.76. The van der Waals surface area contributed by atoms with Gasteiger partial charge in [0.1, 0.15) is 11.4 Å². The van der Waals surface area contributed by atoms with Crippen LogP contribution < -0.4 is 15.4 Å². The molecule has 1 saturated carbocycles. The highest BCUT2D eigenvalue weighted by Crippen LogP contribution is 2.29. The maximum absolute atomic E-state index is 12.3. The number of aryl methyl sites for hydroxylation is 1. The molecule has 148 valence electrons. The number of alkyl halides is 3. The summed E-state index contributed by atoms with van der Waals surface area (Å²) in [5.74, 6) is -0.965. The van der Waals surface area contributed by atoms with Gasteiger partial charge in [-0.2, -0.15) is 0 Å². The van der Waals surface area contributed by atoms with E-state index in [1.807, 2.05) is 0 Å². The highest BCUT2D eigenvalue weighted by atomic mass is 19.4. The van der Waals surface area contributed by atoms with Crippen LogP contribution in [0.15, 0.2) is 30.3 Å². The molecule has 1 aliphatic carbocycles. The third-order valence-electron chi connectivity index (χ3n) is 3.88. The number of amides is 2. The first-order valence-electron chi connectivity index (χ1n) is 8.49. The van der Waals surface area contributed by atoms with Gasteiger partial charge in [-0.15, -0.1) is 13.2 Å². The Labute approximate surface area is 158 Å². The Balaban J connectivity index is 1.59. The Morgan fingerprint density at radius 2 is 1.86 bits per heavy atom. The summed E-state index contributed by atoms with van der Waals surface area (Å²) in [5.41, 5.74) is 1.17. The molecule has 2 amide bonds. The third-order valence-corrected chi connectivity index (χ3v) is 3.88. The van der Waals surface area contributed by atoms with E-state index in [-0.39, 0.29) is 35.8 Å². The largest absolute Gasteiger partial charge is 0.573 e. The number of halogens is 3. The van der Waals surface area contributed by atoms with Crippen LogP contribution in [-0.4, -0.2) is 28.1 Å². The molecule has 0 aliphatic heterocycles. The molecule has 2 aromatic rings. The Bertz CT molecular complexity index is 881. The van der Waals surface area contributed by atoms with Crippen LogP contribution in [0, 0.1) is 12.8 Å². The summed E-state index contributed by atoms with van der Waals surface area (Å²) in [7, 11) is 0. The molecule has 0 saturated heterocycles. The van der Waals surface area contributed by atoms with E-state index in [1.54, 1.807) is 6.92 Å². The van der Waals surface area contributed by atoms with Gasteiger partial charge in [0.25, 0.3) is 5.91 Å². The SMILES string of the molecule is Cc1cc(C(=O)NCc2ccc(OC(F)(F)F)cc2)nc(NC(=O)C2CC2)n1. The molecule has 1 heterocycles. The highest BCUT2D eigenvalue weighted by Gasteiger charge is 2.31. The van der Waals surface area contributed by atoms with Gasteiger partial charge in [-0.1, -0.05) is 12.1 Å². The standard InChI is InChI=1S/C18H17F3N4O3/c1-10-8-14(24-17(23-10)25-15(26)12-4-5-12)16(27)22-9-11-2-6-13(7-3-11)28-18(19,20)21/h2-3,6-8,12H,4-5,9H2,1H3,(H,22,27)(H,23,24,25,26). The van der Waals surface area contributed by atoms with Crippen molar-refractivity contribution in [3.05, 3.63) is 47.3 Å². The maximum atomic E-state index is 12.3. The number of rotatable bonds is 6. The normalized spacial score (nSPS) is 13.7. The van der Waals surface area contributed by atoms with Gasteiger partial charge in [0.05, 0.1) is 0 Å². The fourth-order valence-electron chi connectivity index (χ4n) is 2.38. The van der Waals surface area contributed by atoms with Crippen LogP contribution in [0.5, 0.6) is 5.75 Å². The van der Waals surface area contributed by atoms with Crippen molar-refractivity contribution in [1.29, 1.82) is 0 Å². The van der Waals surface area contributed by atoms with E-state index in [4.69, 9.17) is 0 Å². The van der Waals surface area contributed by atoms with Gasteiger partial charge in [-0.25, -0.2) is 9.97 Å². The molecular weight excluding hydrogens is 377 g/mol. The first kappa shape index (κ1) is 19.6. The van der Waals surface area contributed by atoms with Crippen LogP contribution in [0.4, 0.5) is 19.1 Å². The summed E-state index contributed by atoms with van der Waals surface area (Å²) in [4.78, 5) is 32.3. The third kappa shape index (κ3) is 5.66. The van der Waals surface area contributed by atoms with Crippen molar-refractivity contribution in [2.45, 2.75) is 32.7 Å². The molecule has 0 atom stereocenters. The zero-order valence-electron chi connectivity index (χ0n) is 14.8. The lowest BCUT2D eigenvalue weighted by atomic mass is 10.2. The number of nitrogens with zero attached hydrogens (tertiary/aromatic N) is 2. The van der Waals surface area contributed by atoms with Gasteiger partial charge in [0.2, 0.25) is 11.9 Å². The second-order valence-corrected chi connectivity index (χ2v) is 6.36. The maximum Gasteiger partial charge on any atom is 0.573 e. The Hall–Kier alpha value is -3.17.